The van der Waals surface area contributed by atoms with Gasteiger partial charge in [-0.05, 0) is 30.2 Å². The minimum Gasteiger partial charge on any atom is -0.308 e. The SMILES string of the molecule is Cc1ccccc1CNCc1cn(CCC#N)nc1-c1cccc(Cl)c1. The second-order valence-corrected chi connectivity index (χ2v) is 6.65. The number of hydrogen-bond donors (Lipinski definition) is 1. The van der Waals surface area contributed by atoms with Crippen LogP contribution in [0.5, 0.6) is 0 Å². The van der Waals surface area contributed by atoms with Crippen LogP contribution in [0, 0.1) is 18.3 Å². The Morgan fingerprint density at radius 3 is 2.69 bits per heavy atom. The van der Waals surface area contributed by atoms with Crippen LogP contribution in [-0.2, 0) is 19.6 Å². The Labute approximate surface area is 159 Å². The Hall–Kier alpha value is -2.61. The minimum atomic E-state index is 0.437. The summed E-state index contributed by atoms with van der Waals surface area (Å²) < 4.78 is 1.84. The summed E-state index contributed by atoms with van der Waals surface area (Å²) >= 11 is 6.15. The third-order valence-electron chi connectivity index (χ3n) is 4.28. The summed E-state index contributed by atoms with van der Waals surface area (Å²) in [5.41, 5.74) is 5.55. The molecule has 0 bridgehead atoms. The molecule has 5 heteroatoms. The number of halogens is 1. The van der Waals surface area contributed by atoms with Gasteiger partial charge in [0, 0.05) is 35.4 Å². The lowest BCUT2D eigenvalue weighted by atomic mass is 10.1. The van der Waals surface area contributed by atoms with Gasteiger partial charge in [-0.25, -0.2) is 0 Å². The van der Waals surface area contributed by atoms with Crippen molar-refractivity contribution in [2.45, 2.75) is 33.0 Å². The van der Waals surface area contributed by atoms with Crippen LogP contribution < -0.4 is 5.32 Å². The third kappa shape index (κ3) is 4.51. The lowest BCUT2D eigenvalue weighted by Gasteiger charge is -2.08. The van der Waals surface area contributed by atoms with Crippen molar-refractivity contribution in [3.05, 3.63) is 76.4 Å². The first-order chi connectivity index (χ1) is 12.7. The number of aryl methyl sites for hydroxylation is 2. The molecule has 1 N–H and O–H groups in total. The zero-order valence-corrected chi connectivity index (χ0v) is 15.5. The van der Waals surface area contributed by atoms with Crippen molar-refractivity contribution in [3.8, 4) is 17.3 Å². The van der Waals surface area contributed by atoms with Gasteiger partial charge in [-0.1, -0.05) is 48.0 Å². The summed E-state index contributed by atoms with van der Waals surface area (Å²) in [5, 5.41) is 17.7. The predicted molar refractivity (Wildman–Crippen MR) is 105 cm³/mol. The van der Waals surface area contributed by atoms with E-state index in [9.17, 15) is 0 Å². The van der Waals surface area contributed by atoms with Gasteiger partial charge in [0.1, 0.15) is 0 Å². The van der Waals surface area contributed by atoms with Crippen molar-refractivity contribution >= 4 is 11.6 Å². The van der Waals surface area contributed by atoms with Crippen LogP contribution in [0.4, 0.5) is 0 Å². The summed E-state index contributed by atoms with van der Waals surface area (Å²) in [4.78, 5) is 0. The summed E-state index contributed by atoms with van der Waals surface area (Å²) in [6.07, 6.45) is 2.45. The number of benzene rings is 2. The van der Waals surface area contributed by atoms with Gasteiger partial charge >= 0.3 is 0 Å². The number of nitriles is 1. The van der Waals surface area contributed by atoms with E-state index < -0.39 is 0 Å². The van der Waals surface area contributed by atoms with Crippen molar-refractivity contribution in [1.29, 1.82) is 5.26 Å². The highest BCUT2D eigenvalue weighted by Crippen LogP contribution is 2.25. The van der Waals surface area contributed by atoms with Gasteiger partial charge in [0.05, 0.1) is 24.7 Å². The van der Waals surface area contributed by atoms with E-state index in [1.54, 1.807) is 0 Å². The van der Waals surface area contributed by atoms with Gasteiger partial charge in [-0.2, -0.15) is 10.4 Å². The standard InChI is InChI=1S/C21H21ClN4/c1-16-6-2-3-7-18(16)13-24-14-19-15-26(11-5-10-23)25-21(19)17-8-4-9-20(22)12-17/h2-4,6-9,12,15,24H,5,11,13-14H2,1H3. The second kappa shape index (κ2) is 8.66. The summed E-state index contributed by atoms with van der Waals surface area (Å²) in [5.74, 6) is 0. The number of aromatic nitrogens is 2. The van der Waals surface area contributed by atoms with Crippen LogP contribution in [-0.4, -0.2) is 9.78 Å². The van der Waals surface area contributed by atoms with E-state index in [4.69, 9.17) is 16.9 Å². The van der Waals surface area contributed by atoms with Gasteiger partial charge < -0.3 is 5.32 Å². The lowest BCUT2D eigenvalue weighted by Crippen LogP contribution is -2.13. The van der Waals surface area contributed by atoms with Crippen LogP contribution in [0.1, 0.15) is 23.1 Å². The zero-order valence-electron chi connectivity index (χ0n) is 14.7. The monoisotopic (exact) mass is 364 g/mol. The molecule has 0 unspecified atom stereocenters. The Kier molecular flexibility index (Phi) is 6.06. The molecule has 0 saturated carbocycles. The van der Waals surface area contributed by atoms with Crippen molar-refractivity contribution in [2.24, 2.45) is 0 Å². The molecule has 0 spiro atoms. The average molecular weight is 365 g/mol. The molecule has 3 rings (SSSR count). The van der Waals surface area contributed by atoms with E-state index in [0.29, 0.717) is 24.5 Å². The van der Waals surface area contributed by atoms with E-state index in [0.717, 1.165) is 23.4 Å². The summed E-state index contributed by atoms with van der Waals surface area (Å²) in [6, 6.07) is 18.2. The molecule has 26 heavy (non-hydrogen) atoms. The number of rotatable bonds is 7. The van der Waals surface area contributed by atoms with Crippen molar-refractivity contribution in [1.82, 2.24) is 15.1 Å². The van der Waals surface area contributed by atoms with Crippen LogP contribution in [0.3, 0.4) is 0 Å². The molecule has 3 aromatic rings. The molecule has 0 fully saturated rings. The van der Waals surface area contributed by atoms with Crippen molar-refractivity contribution in [2.75, 3.05) is 0 Å². The molecule has 0 aliphatic heterocycles. The smallest absolute Gasteiger partial charge is 0.0968 e. The van der Waals surface area contributed by atoms with E-state index in [-0.39, 0.29) is 0 Å². The fourth-order valence-electron chi connectivity index (χ4n) is 2.89. The predicted octanol–water partition coefficient (Wildman–Crippen LogP) is 4.72. The molecule has 0 amide bonds. The van der Waals surface area contributed by atoms with Crippen LogP contribution in [0.2, 0.25) is 5.02 Å². The maximum Gasteiger partial charge on any atom is 0.0968 e. The quantitative estimate of drug-likeness (QED) is 0.660. The maximum absolute atomic E-state index is 8.83. The molecule has 0 atom stereocenters. The summed E-state index contributed by atoms with van der Waals surface area (Å²) in [7, 11) is 0. The first-order valence-corrected chi connectivity index (χ1v) is 8.99. The first kappa shape index (κ1) is 18.2. The Morgan fingerprint density at radius 2 is 1.92 bits per heavy atom. The number of nitrogens with zero attached hydrogens (tertiary/aromatic N) is 3. The number of nitrogens with one attached hydrogen (secondary N) is 1. The highest BCUT2D eigenvalue weighted by Gasteiger charge is 2.12. The van der Waals surface area contributed by atoms with Gasteiger partial charge in [0.2, 0.25) is 0 Å². The van der Waals surface area contributed by atoms with E-state index in [1.807, 2.05) is 35.1 Å². The van der Waals surface area contributed by atoms with Crippen LogP contribution >= 0.6 is 11.6 Å². The maximum atomic E-state index is 8.83. The molecular weight excluding hydrogens is 344 g/mol. The minimum absolute atomic E-state index is 0.437. The van der Waals surface area contributed by atoms with Crippen molar-refractivity contribution in [3.63, 3.8) is 0 Å². The largest absolute Gasteiger partial charge is 0.308 e. The van der Waals surface area contributed by atoms with Gasteiger partial charge in [0.15, 0.2) is 0 Å². The molecule has 1 aromatic heterocycles. The molecule has 0 radical (unpaired) electrons. The van der Waals surface area contributed by atoms with E-state index in [2.05, 4.69) is 47.7 Å². The Balaban J connectivity index is 1.79. The number of hydrogen-bond acceptors (Lipinski definition) is 3. The molecule has 0 aliphatic carbocycles. The Morgan fingerprint density at radius 1 is 1.12 bits per heavy atom. The lowest BCUT2D eigenvalue weighted by molar-refractivity contribution is 0.627. The third-order valence-corrected chi connectivity index (χ3v) is 4.52. The van der Waals surface area contributed by atoms with Crippen LogP contribution in [0.15, 0.2) is 54.7 Å². The molecule has 0 aliphatic rings. The fraction of sp³-hybridized carbons (Fsp3) is 0.238. The summed E-state index contributed by atoms with van der Waals surface area (Å²) in [6.45, 7) is 4.20. The molecule has 0 saturated heterocycles. The first-order valence-electron chi connectivity index (χ1n) is 8.62. The molecular formula is C21H21ClN4. The Bertz CT molecular complexity index is 924. The molecule has 2 aromatic carbocycles. The second-order valence-electron chi connectivity index (χ2n) is 6.21. The van der Waals surface area contributed by atoms with E-state index >= 15 is 0 Å². The zero-order chi connectivity index (χ0) is 18.4. The average Bonchev–Trinajstić information content (AvgIpc) is 3.05. The van der Waals surface area contributed by atoms with Crippen LogP contribution in [0.25, 0.3) is 11.3 Å². The highest BCUT2D eigenvalue weighted by molar-refractivity contribution is 6.30. The normalized spacial score (nSPS) is 10.7. The van der Waals surface area contributed by atoms with Gasteiger partial charge in [-0.3, -0.25) is 4.68 Å². The van der Waals surface area contributed by atoms with Gasteiger partial charge in [-0.15, -0.1) is 0 Å². The fourth-order valence-corrected chi connectivity index (χ4v) is 3.08. The topological polar surface area (TPSA) is 53.6 Å². The molecule has 132 valence electrons. The van der Waals surface area contributed by atoms with Gasteiger partial charge in [0.25, 0.3) is 0 Å². The van der Waals surface area contributed by atoms with Crippen molar-refractivity contribution < 1.29 is 0 Å². The molecule has 1 heterocycles. The van der Waals surface area contributed by atoms with E-state index in [1.165, 1.54) is 11.1 Å². The highest BCUT2D eigenvalue weighted by atomic mass is 35.5. The molecule has 4 nitrogen and oxygen atoms in total.